The molecule has 0 radical (unpaired) electrons. The average molecular weight is 271 g/mol. The fraction of sp³-hybridized carbons (Fsp3) is 0.462. The van der Waals surface area contributed by atoms with Gasteiger partial charge in [0.2, 0.25) is 0 Å². The molecule has 0 aromatic heterocycles. The predicted molar refractivity (Wildman–Crippen MR) is 63.4 cm³/mol. The van der Waals surface area contributed by atoms with Crippen LogP contribution in [0.25, 0.3) is 0 Å². The van der Waals surface area contributed by atoms with E-state index in [0.717, 1.165) is 0 Å². The summed E-state index contributed by atoms with van der Waals surface area (Å²) in [6.07, 6.45) is 0. The largest absolute Gasteiger partial charge is 0.468 e. The van der Waals surface area contributed by atoms with Gasteiger partial charge in [-0.15, -0.1) is 0 Å². The van der Waals surface area contributed by atoms with Gasteiger partial charge >= 0.3 is 5.97 Å². The molecule has 1 aliphatic rings. The van der Waals surface area contributed by atoms with Crippen LogP contribution in [-0.2, 0) is 20.8 Å². The van der Waals surface area contributed by atoms with E-state index in [0.29, 0.717) is 13.2 Å². The van der Waals surface area contributed by atoms with Gasteiger partial charge in [0.15, 0.2) is 0 Å². The third-order valence-electron chi connectivity index (χ3n) is 3.14. The van der Waals surface area contributed by atoms with Gasteiger partial charge in [-0.2, -0.15) is 0 Å². The molecule has 2 rings (SSSR count). The van der Waals surface area contributed by atoms with Gasteiger partial charge in [0, 0.05) is 18.7 Å². The van der Waals surface area contributed by atoms with E-state index >= 15 is 0 Å². The average Bonchev–Trinajstić information content (AvgIpc) is 2.42. The fourth-order valence-electron chi connectivity index (χ4n) is 2.07. The first-order chi connectivity index (χ1) is 9.13. The molecule has 1 aliphatic heterocycles. The predicted octanol–water partition coefficient (Wildman–Crippen LogP) is 1.34. The van der Waals surface area contributed by atoms with Crippen LogP contribution < -0.4 is 0 Å². The number of methoxy groups -OCH3 is 1. The molecule has 0 aliphatic carbocycles. The molecule has 1 atom stereocenters. The van der Waals surface area contributed by atoms with Crippen LogP contribution in [0.2, 0.25) is 0 Å². The van der Waals surface area contributed by atoms with Gasteiger partial charge < -0.3 is 9.47 Å². The summed E-state index contributed by atoms with van der Waals surface area (Å²) < 4.78 is 37.1. The van der Waals surface area contributed by atoms with E-state index in [1.54, 1.807) is 4.90 Å². The third-order valence-corrected chi connectivity index (χ3v) is 3.14. The fourth-order valence-corrected chi connectivity index (χ4v) is 2.07. The van der Waals surface area contributed by atoms with Gasteiger partial charge in [-0.05, 0) is 12.1 Å². The van der Waals surface area contributed by atoms with Crippen LogP contribution in [0.1, 0.15) is 5.56 Å². The first kappa shape index (κ1) is 13.9. The normalized spacial score (nSPS) is 20.3. The molecule has 0 N–H and O–H groups in total. The van der Waals surface area contributed by atoms with Crippen molar-refractivity contribution in [3.8, 4) is 0 Å². The molecule has 1 aromatic carbocycles. The summed E-state index contributed by atoms with van der Waals surface area (Å²) in [6, 6.07) is 3.08. The van der Waals surface area contributed by atoms with Gasteiger partial charge in [0.05, 0.1) is 20.3 Å². The highest BCUT2D eigenvalue weighted by molar-refractivity contribution is 5.75. The molecule has 6 heteroatoms. The molecule has 1 unspecified atom stereocenters. The van der Waals surface area contributed by atoms with E-state index in [-0.39, 0.29) is 18.7 Å². The van der Waals surface area contributed by atoms with E-state index in [4.69, 9.17) is 4.74 Å². The van der Waals surface area contributed by atoms with E-state index < -0.39 is 23.6 Å². The van der Waals surface area contributed by atoms with Crippen molar-refractivity contribution in [2.24, 2.45) is 0 Å². The lowest BCUT2D eigenvalue weighted by molar-refractivity contribution is -0.153. The van der Waals surface area contributed by atoms with Crippen molar-refractivity contribution in [3.05, 3.63) is 35.4 Å². The Bertz CT molecular complexity index is 447. The van der Waals surface area contributed by atoms with Crippen molar-refractivity contribution in [1.82, 2.24) is 4.90 Å². The highest BCUT2D eigenvalue weighted by Gasteiger charge is 2.31. The van der Waals surface area contributed by atoms with Crippen molar-refractivity contribution in [3.63, 3.8) is 0 Å². The van der Waals surface area contributed by atoms with Gasteiger partial charge in [-0.1, -0.05) is 6.07 Å². The molecule has 1 fully saturated rings. The molecule has 0 amide bonds. The topological polar surface area (TPSA) is 38.8 Å². The summed E-state index contributed by atoms with van der Waals surface area (Å²) in [5, 5.41) is 0. The van der Waals surface area contributed by atoms with Gasteiger partial charge in [-0.3, -0.25) is 9.69 Å². The van der Waals surface area contributed by atoms with Crippen molar-refractivity contribution in [2.45, 2.75) is 12.6 Å². The monoisotopic (exact) mass is 271 g/mol. The molecule has 1 saturated heterocycles. The number of morpholine rings is 1. The Hall–Kier alpha value is -1.53. The summed E-state index contributed by atoms with van der Waals surface area (Å²) in [5.74, 6) is -1.69. The second-order valence-corrected chi connectivity index (χ2v) is 4.28. The zero-order chi connectivity index (χ0) is 13.8. The Labute approximate surface area is 109 Å². The molecule has 19 heavy (non-hydrogen) atoms. The van der Waals surface area contributed by atoms with Crippen LogP contribution in [0.4, 0.5) is 8.78 Å². The Balaban J connectivity index is 2.18. The Morgan fingerprint density at radius 1 is 1.47 bits per heavy atom. The van der Waals surface area contributed by atoms with E-state index in [1.807, 2.05) is 0 Å². The summed E-state index contributed by atoms with van der Waals surface area (Å²) >= 11 is 0. The number of carbonyl (C=O) groups excluding carboxylic acids is 1. The molecule has 0 saturated carbocycles. The minimum Gasteiger partial charge on any atom is -0.468 e. The minimum absolute atomic E-state index is 0.0155. The van der Waals surface area contributed by atoms with E-state index in [9.17, 15) is 13.6 Å². The standard InChI is InChI=1S/C13H15F2NO3/c1-18-13(17)12-8-19-6-5-16(12)7-9-10(14)3-2-4-11(9)15/h2-4,12H,5-8H2,1H3. The lowest BCUT2D eigenvalue weighted by atomic mass is 10.1. The number of esters is 1. The highest BCUT2D eigenvalue weighted by Crippen LogP contribution is 2.18. The maximum atomic E-state index is 13.6. The smallest absolute Gasteiger partial charge is 0.325 e. The first-order valence-corrected chi connectivity index (χ1v) is 5.96. The number of rotatable bonds is 3. The van der Waals surface area contributed by atoms with Crippen LogP contribution in [0.15, 0.2) is 18.2 Å². The summed E-state index contributed by atoms with van der Waals surface area (Å²) in [6.45, 7) is 1.03. The van der Waals surface area contributed by atoms with Crippen LogP contribution in [-0.4, -0.2) is 43.8 Å². The Morgan fingerprint density at radius 3 is 2.79 bits per heavy atom. The number of ether oxygens (including phenoxy) is 2. The van der Waals surface area contributed by atoms with Crippen LogP contribution in [0, 0.1) is 11.6 Å². The minimum atomic E-state index is -0.627. The van der Waals surface area contributed by atoms with Crippen molar-refractivity contribution >= 4 is 5.97 Å². The molecule has 104 valence electrons. The molecule has 0 bridgehead atoms. The first-order valence-electron chi connectivity index (χ1n) is 5.96. The summed E-state index contributed by atoms with van der Waals surface area (Å²) in [7, 11) is 1.28. The molecule has 4 nitrogen and oxygen atoms in total. The van der Waals surface area contributed by atoms with Crippen molar-refractivity contribution in [2.75, 3.05) is 26.9 Å². The Kier molecular flexibility index (Phi) is 4.44. The van der Waals surface area contributed by atoms with Crippen molar-refractivity contribution < 1.29 is 23.0 Å². The second kappa shape index (κ2) is 6.08. The molecule has 1 heterocycles. The van der Waals surface area contributed by atoms with Crippen LogP contribution >= 0.6 is 0 Å². The SMILES string of the molecule is COC(=O)C1COCCN1Cc1c(F)cccc1F. The maximum absolute atomic E-state index is 13.6. The summed E-state index contributed by atoms with van der Waals surface area (Å²) in [5.41, 5.74) is -0.0432. The number of nitrogens with zero attached hydrogens (tertiary/aromatic N) is 1. The van der Waals surface area contributed by atoms with Crippen molar-refractivity contribution in [1.29, 1.82) is 0 Å². The van der Waals surface area contributed by atoms with Crippen LogP contribution in [0.3, 0.4) is 0 Å². The summed E-state index contributed by atoms with van der Waals surface area (Å²) in [4.78, 5) is 13.3. The second-order valence-electron chi connectivity index (χ2n) is 4.28. The van der Waals surface area contributed by atoms with Gasteiger partial charge in [0.1, 0.15) is 17.7 Å². The number of hydrogen-bond donors (Lipinski definition) is 0. The zero-order valence-electron chi connectivity index (χ0n) is 10.6. The number of carbonyl (C=O) groups is 1. The lowest BCUT2D eigenvalue weighted by Crippen LogP contribution is -2.50. The zero-order valence-corrected chi connectivity index (χ0v) is 10.6. The maximum Gasteiger partial charge on any atom is 0.325 e. The van der Waals surface area contributed by atoms with E-state index in [2.05, 4.69) is 4.74 Å². The third kappa shape index (κ3) is 3.08. The molecule has 1 aromatic rings. The Morgan fingerprint density at radius 2 is 2.16 bits per heavy atom. The number of benzene rings is 1. The number of halogens is 2. The quantitative estimate of drug-likeness (QED) is 0.778. The molecular formula is C13H15F2NO3. The van der Waals surface area contributed by atoms with E-state index in [1.165, 1.54) is 25.3 Å². The molecular weight excluding hydrogens is 256 g/mol. The van der Waals surface area contributed by atoms with Gasteiger partial charge in [-0.25, -0.2) is 8.78 Å². The lowest BCUT2D eigenvalue weighted by Gasteiger charge is -2.33. The van der Waals surface area contributed by atoms with Crippen LogP contribution in [0.5, 0.6) is 0 Å². The highest BCUT2D eigenvalue weighted by atomic mass is 19.1. The number of hydrogen-bond acceptors (Lipinski definition) is 4. The van der Waals surface area contributed by atoms with Gasteiger partial charge in [0.25, 0.3) is 0 Å². The molecule has 0 spiro atoms.